The van der Waals surface area contributed by atoms with Gasteiger partial charge in [-0.05, 0) is 18.2 Å². The van der Waals surface area contributed by atoms with Gasteiger partial charge in [-0.15, -0.1) is 12.4 Å². The van der Waals surface area contributed by atoms with Crippen LogP contribution in [0.3, 0.4) is 0 Å². The van der Waals surface area contributed by atoms with Crippen LogP contribution < -0.4 is 20.5 Å². The van der Waals surface area contributed by atoms with E-state index in [2.05, 4.69) is 5.32 Å². The molecule has 0 unspecified atom stereocenters. The highest BCUT2D eigenvalue weighted by molar-refractivity contribution is 5.94. The molecule has 3 N–H and O–H groups in total. The molecule has 2 rings (SSSR count). The maximum atomic E-state index is 11.7. The van der Waals surface area contributed by atoms with Gasteiger partial charge in [0.25, 0.3) is 5.91 Å². The van der Waals surface area contributed by atoms with Crippen molar-refractivity contribution in [2.24, 2.45) is 5.73 Å². The molecule has 100 valence electrons. The van der Waals surface area contributed by atoms with Crippen LogP contribution in [0.25, 0.3) is 0 Å². The van der Waals surface area contributed by atoms with Gasteiger partial charge in [0.15, 0.2) is 11.5 Å². The second-order valence-corrected chi connectivity index (χ2v) is 3.76. The number of benzene rings is 1. The van der Waals surface area contributed by atoms with Crippen molar-refractivity contribution in [2.45, 2.75) is 6.42 Å². The number of ether oxygens (including phenoxy) is 2. The number of carbonyl (C=O) groups is 1. The molecule has 0 spiro atoms. The Morgan fingerprint density at radius 3 is 2.72 bits per heavy atom. The lowest BCUT2D eigenvalue weighted by atomic mass is 10.2. The number of carbonyl (C=O) groups excluding carboxylic acids is 1. The summed E-state index contributed by atoms with van der Waals surface area (Å²) < 4.78 is 11.0. The summed E-state index contributed by atoms with van der Waals surface area (Å²) in [6, 6.07) is 5.18. The molecule has 0 aromatic heterocycles. The van der Waals surface area contributed by atoms with Crippen LogP contribution in [0.5, 0.6) is 11.5 Å². The van der Waals surface area contributed by atoms with Gasteiger partial charge in [-0.25, -0.2) is 0 Å². The van der Waals surface area contributed by atoms with Crippen molar-refractivity contribution < 1.29 is 14.3 Å². The number of fused-ring (bicyclic) bond motifs is 1. The number of nitrogens with two attached hydrogens (primary N) is 1. The average molecular weight is 273 g/mol. The minimum atomic E-state index is -0.147. The van der Waals surface area contributed by atoms with Crippen molar-refractivity contribution in [2.75, 3.05) is 26.3 Å². The lowest BCUT2D eigenvalue weighted by Gasteiger charge is -2.09. The second kappa shape index (κ2) is 7.08. The van der Waals surface area contributed by atoms with Crippen LogP contribution in [0.2, 0.25) is 0 Å². The maximum absolute atomic E-state index is 11.7. The van der Waals surface area contributed by atoms with Crippen LogP contribution in [0, 0.1) is 0 Å². The molecule has 0 bridgehead atoms. The summed E-state index contributed by atoms with van der Waals surface area (Å²) in [5, 5.41) is 2.71. The Labute approximate surface area is 112 Å². The first kappa shape index (κ1) is 14.6. The third-order valence-electron chi connectivity index (χ3n) is 2.44. The summed E-state index contributed by atoms with van der Waals surface area (Å²) in [6.07, 6.45) is 0.851. The molecule has 0 saturated heterocycles. The van der Waals surface area contributed by atoms with E-state index in [1.807, 2.05) is 0 Å². The highest BCUT2D eigenvalue weighted by Crippen LogP contribution is 2.30. The summed E-state index contributed by atoms with van der Waals surface area (Å²) in [7, 11) is 0. The van der Waals surface area contributed by atoms with Gasteiger partial charge in [0.05, 0.1) is 13.2 Å². The van der Waals surface area contributed by atoms with Gasteiger partial charge in [0.1, 0.15) is 0 Å². The van der Waals surface area contributed by atoms with E-state index >= 15 is 0 Å². The van der Waals surface area contributed by atoms with Gasteiger partial charge in [0, 0.05) is 25.1 Å². The first-order valence-corrected chi connectivity index (χ1v) is 5.69. The van der Waals surface area contributed by atoms with Crippen molar-refractivity contribution in [3.05, 3.63) is 23.8 Å². The number of hydrogen-bond donors (Lipinski definition) is 2. The zero-order chi connectivity index (χ0) is 12.1. The van der Waals surface area contributed by atoms with Gasteiger partial charge in [0.2, 0.25) is 0 Å². The standard InChI is InChI=1S/C12H16N2O3.ClH/c13-4-5-14-12(15)9-2-3-10-11(8-9)17-7-1-6-16-10;/h2-3,8H,1,4-7,13H2,(H,14,15);1H. The Balaban J connectivity index is 0.00000162. The van der Waals surface area contributed by atoms with Gasteiger partial charge >= 0.3 is 0 Å². The minimum absolute atomic E-state index is 0. The topological polar surface area (TPSA) is 73.6 Å². The third-order valence-corrected chi connectivity index (χ3v) is 2.44. The molecule has 0 aliphatic carbocycles. The molecule has 0 atom stereocenters. The fourth-order valence-electron chi connectivity index (χ4n) is 1.59. The largest absolute Gasteiger partial charge is 0.490 e. The Bertz CT molecular complexity index is 412. The van der Waals surface area contributed by atoms with Crippen LogP contribution in [-0.4, -0.2) is 32.2 Å². The van der Waals surface area contributed by atoms with Gasteiger partial charge < -0.3 is 20.5 Å². The fraction of sp³-hybridized carbons (Fsp3) is 0.417. The zero-order valence-electron chi connectivity index (χ0n) is 9.98. The number of rotatable bonds is 3. The van der Waals surface area contributed by atoms with Crippen molar-refractivity contribution >= 4 is 18.3 Å². The first-order valence-electron chi connectivity index (χ1n) is 5.69. The second-order valence-electron chi connectivity index (χ2n) is 3.76. The highest BCUT2D eigenvalue weighted by atomic mass is 35.5. The van der Waals surface area contributed by atoms with Crippen LogP contribution >= 0.6 is 12.4 Å². The molecule has 0 fully saturated rings. The summed E-state index contributed by atoms with van der Waals surface area (Å²) in [6.45, 7) is 2.15. The minimum Gasteiger partial charge on any atom is -0.490 e. The molecule has 5 nitrogen and oxygen atoms in total. The fourth-order valence-corrected chi connectivity index (χ4v) is 1.59. The Morgan fingerprint density at radius 1 is 1.28 bits per heavy atom. The van der Waals surface area contributed by atoms with Crippen molar-refractivity contribution in [3.63, 3.8) is 0 Å². The molecule has 1 aromatic carbocycles. The van der Waals surface area contributed by atoms with Crippen molar-refractivity contribution in [3.8, 4) is 11.5 Å². The van der Waals surface area contributed by atoms with Crippen LogP contribution in [-0.2, 0) is 0 Å². The quantitative estimate of drug-likeness (QED) is 0.860. The Hall–Kier alpha value is -1.46. The van der Waals surface area contributed by atoms with Crippen LogP contribution in [0.4, 0.5) is 0 Å². The number of nitrogens with one attached hydrogen (secondary N) is 1. The number of halogens is 1. The van der Waals surface area contributed by atoms with E-state index in [9.17, 15) is 4.79 Å². The molecule has 18 heavy (non-hydrogen) atoms. The molecule has 1 heterocycles. The van der Waals surface area contributed by atoms with E-state index in [0.29, 0.717) is 43.4 Å². The molecule has 1 aliphatic rings. The maximum Gasteiger partial charge on any atom is 0.251 e. The third kappa shape index (κ3) is 3.51. The Kier molecular flexibility index (Phi) is 5.74. The van der Waals surface area contributed by atoms with Crippen LogP contribution in [0.1, 0.15) is 16.8 Å². The molecule has 1 amide bonds. The predicted octanol–water partition coefficient (Wildman–Crippen LogP) is 0.958. The SMILES string of the molecule is Cl.NCCNC(=O)c1ccc2c(c1)OCCCO2. The molecular weight excluding hydrogens is 256 g/mol. The lowest BCUT2D eigenvalue weighted by Crippen LogP contribution is -2.28. The number of hydrogen-bond acceptors (Lipinski definition) is 4. The molecule has 1 aromatic rings. The molecular formula is C12H17ClN2O3. The monoisotopic (exact) mass is 272 g/mol. The lowest BCUT2D eigenvalue weighted by molar-refractivity contribution is 0.0954. The summed E-state index contributed by atoms with van der Waals surface area (Å²) in [5.41, 5.74) is 5.89. The molecule has 6 heteroatoms. The normalized spacial score (nSPS) is 13.2. The van der Waals surface area contributed by atoms with E-state index in [1.165, 1.54) is 0 Å². The summed E-state index contributed by atoms with van der Waals surface area (Å²) in [5.74, 6) is 1.17. The zero-order valence-corrected chi connectivity index (χ0v) is 10.8. The van der Waals surface area contributed by atoms with Crippen molar-refractivity contribution in [1.29, 1.82) is 0 Å². The summed E-state index contributed by atoms with van der Waals surface area (Å²) >= 11 is 0. The molecule has 1 aliphatic heterocycles. The van der Waals surface area contributed by atoms with E-state index in [0.717, 1.165) is 6.42 Å². The van der Waals surface area contributed by atoms with E-state index in [4.69, 9.17) is 15.2 Å². The van der Waals surface area contributed by atoms with E-state index in [1.54, 1.807) is 18.2 Å². The molecule has 0 radical (unpaired) electrons. The molecule has 0 saturated carbocycles. The first-order chi connectivity index (χ1) is 8.31. The Morgan fingerprint density at radius 2 is 2.00 bits per heavy atom. The average Bonchev–Trinajstić information content (AvgIpc) is 2.60. The van der Waals surface area contributed by atoms with Crippen LogP contribution in [0.15, 0.2) is 18.2 Å². The highest BCUT2D eigenvalue weighted by Gasteiger charge is 2.13. The number of amides is 1. The van der Waals surface area contributed by atoms with Gasteiger partial charge in [-0.2, -0.15) is 0 Å². The van der Waals surface area contributed by atoms with Gasteiger partial charge in [-0.1, -0.05) is 0 Å². The van der Waals surface area contributed by atoms with Crippen molar-refractivity contribution in [1.82, 2.24) is 5.32 Å². The van der Waals surface area contributed by atoms with E-state index < -0.39 is 0 Å². The van der Waals surface area contributed by atoms with E-state index in [-0.39, 0.29) is 18.3 Å². The summed E-state index contributed by atoms with van der Waals surface area (Å²) in [4.78, 5) is 11.7. The predicted molar refractivity (Wildman–Crippen MR) is 70.7 cm³/mol. The smallest absolute Gasteiger partial charge is 0.251 e. The van der Waals surface area contributed by atoms with Gasteiger partial charge in [-0.3, -0.25) is 4.79 Å².